The number of amides is 1. The van der Waals surface area contributed by atoms with E-state index in [-0.39, 0.29) is 23.9 Å². The SMILES string of the molecule is Cc1ccccc1NC(=O)C[C@@H]1CSc2nccc(=O)n21. The van der Waals surface area contributed by atoms with Crippen LogP contribution in [-0.2, 0) is 4.79 Å². The molecule has 1 aliphatic heterocycles. The average molecular weight is 301 g/mol. The van der Waals surface area contributed by atoms with Crippen LogP contribution >= 0.6 is 11.8 Å². The molecule has 0 fully saturated rings. The zero-order valence-corrected chi connectivity index (χ0v) is 12.4. The van der Waals surface area contributed by atoms with Crippen molar-refractivity contribution in [3.8, 4) is 0 Å². The maximum Gasteiger partial charge on any atom is 0.254 e. The van der Waals surface area contributed by atoms with E-state index >= 15 is 0 Å². The molecule has 2 heterocycles. The van der Waals surface area contributed by atoms with E-state index in [2.05, 4.69) is 10.3 Å². The molecule has 2 aromatic rings. The molecule has 0 saturated carbocycles. The molecule has 0 unspecified atom stereocenters. The van der Waals surface area contributed by atoms with Crippen molar-refractivity contribution in [2.24, 2.45) is 0 Å². The van der Waals surface area contributed by atoms with Gasteiger partial charge in [-0.2, -0.15) is 0 Å². The number of carbonyl (C=O) groups excluding carboxylic acids is 1. The van der Waals surface area contributed by atoms with Gasteiger partial charge in [0.2, 0.25) is 5.91 Å². The minimum Gasteiger partial charge on any atom is -0.326 e. The number of rotatable bonds is 3. The van der Waals surface area contributed by atoms with E-state index in [0.717, 1.165) is 11.3 Å². The summed E-state index contributed by atoms with van der Waals surface area (Å²) in [4.78, 5) is 28.2. The summed E-state index contributed by atoms with van der Waals surface area (Å²) < 4.78 is 1.61. The molecule has 1 atom stereocenters. The van der Waals surface area contributed by atoms with Gasteiger partial charge in [-0.25, -0.2) is 4.98 Å². The summed E-state index contributed by atoms with van der Waals surface area (Å²) in [6, 6.07) is 8.94. The summed E-state index contributed by atoms with van der Waals surface area (Å²) in [7, 11) is 0. The van der Waals surface area contributed by atoms with Gasteiger partial charge < -0.3 is 5.32 Å². The minimum atomic E-state index is -0.129. The van der Waals surface area contributed by atoms with Gasteiger partial charge in [0.1, 0.15) is 0 Å². The Bertz CT molecular complexity index is 742. The van der Waals surface area contributed by atoms with E-state index in [0.29, 0.717) is 10.9 Å². The summed E-state index contributed by atoms with van der Waals surface area (Å²) in [6.07, 6.45) is 1.79. The smallest absolute Gasteiger partial charge is 0.254 e. The van der Waals surface area contributed by atoms with E-state index in [1.807, 2.05) is 31.2 Å². The molecule has 1 aromatic heterocycles. The predicted octanol–water partition coefficient (Wildman–Crippen LogP) is 2.23. The summed E-state index contributed by atoms with van der Waals surface area (Å²) in [5.74, 6) is 0.617. The fraction of sp³-hybridized carbons (Fsp3) is 0.267. The van der Waals surface area contributed by atoms with Gasteiger partial charge in [0.05, 0.1) is 6.04 Å². The average Bonchev–Trinajstić information content (AvgIpc) is 2.86. The van der Waals surface area contributed by atoms with E-state index in [4.69, 9.17) is 0 Å². The molecule has 6 heteroatoms. The lowest BCUT2D eigenvalue weighted by molar-refractivity contribution is -0.116. The Balaban J connectivity index is 1.73. The largest absolute Gasteiger partial charge is 0.326 e. The molecular weight excluding hydrogens is 286 g/mol. The molecular formula is C15H15N3O2S. The zero-order chi connectivity index (χ0) is 14.8. The number of thioether (sulfide) groups is 1. The highest BCUT2D eigenvalue weighted by Crippen LogP contribution is 2.31. The van der Waals surface area contributed by atoms with Gasteiger partial charge in [-0.1, -0.05) is 30.0 Å². The third-order valence-corrected chi connectivity index (χ3v) is 4.57. The molecule has 1 aromatic carbocycles. The summed E-state index contributed by atoms with van der Waals surface area (Å²) >= 11 is 1.51. The lowest BCUT2D eigenvalue weighted by Crippen LogP contribution is -2.27. The van der Waals surface area contributed by atoms with Crippen molar-refractivity contribution in [2.75, 3.05) is 11.1 Å². The molecule has 0 spiro atoms. The van der Waals surface area contributed by atoms with E-state index < -0.39 is 0 Å². The van der Waals surface area contributed by atoms with E-state index in [9.17, 15) is 9.59 Å². The first kappa shape index (κ1) is 13.9. The molecule has 5 nitrogen and oxygen atoms in total. The molecule has 1 amide bonds. The number of hydrogen-bond acceptors (Lipinski definition) is 4. The first-order valence-electron chi connectivity index (χ1n) is 6.71. The van der Waals surface area contributed by atoms with Crippen LogP contribution in [0.1, 0.15) is 18.0 Å². The summed E-state index contributed by atoms with van der Waals surface area (Å²) in [5, 5.41) is 3.59. The minimum absolute atomic E-state index is 0.0847. The first-order valence-corrected chi connectivity index (χ1v) is 7.69. The fourth-order valence-corrected chi connectivity index (χ4v) is 3.49. The molecule has 1 aliphatic rings. The van der Waals surface area contributed by atoms with Gasteiger partial charge >= 0.3 is 0 Å². The Morgan fingerprint density at radius 1 is 1.43 bits per heavy atom. The first-order chi connectivity index (χ1) is 10.1. The standard InChI is InChI=1S/C15H15N3O2S/c1-10-4-2-3-5-12(10)17-13(19)8-11-9-21-15-16-7-6-14(20)18(11)15/h2-7,11H,8-9H2,1H3,(H,17,19)/t11-/m1/s1. The lowest BCUT2D eigenvalue weighted by atomic mass is 10.1. The maximum atomic E-state index is 12.2. The molecule has 0 bridgehead atoms. The predicted molar refractivity (Wildman–Crippen MR) is 82.7 cm³/mol. The van der Waals surface area contributed by atoms with Crippen LogP contribution in [0, 0.1) is 6.92 Å². The number of benzene rings is 1. The molecule has 108 valence electrons. The zero-order valence-electron chi connectivity index (χ0n) is 11.6. The summed E-state index contributed by atoms with van der Waals surface area (Å²) in [5.41, 5.74) is 1.73. The van der Waals surface area contributed by atoms with E-state index in [1.165, 1.54) is 24.0 Å². The van der Waals surface area contributed by atoms with Crippen LogP contribution in [0.3, 0.4) is 0 Å². The van der Waals surface area contributed by atoms with Crippen molar-refractivity contribution < 1.29 is 4.79 Å². The second kappa shape index (κ2) is 5.73. The number of para-hydroxylation sites is 1. The Labute approximate surface area is 126 Å². The number of hydrogen-bond donors (Lipinski definition) is 1. The Morgan fingerprint density at radius 3 is 3.05 bits per heavy atom. The number of anilines is 1. The Hall–Kier alpha value is -2.08. The second-order valence-electron chi connectivity index (χ2n) is 4.97. The molecule has 0 radical (unpaired) electrons. The van der Waals surface area contributed by atoms with Crippen LogP contribution < -0.4 is 10.9 Å². The third-order valence-electron chi connectivity index (χ3n) is 3.46. The molecule has 1 N–H and O–H groups in total. The number of fused-ring (bicyclic) bond motifs is 1. The lowest BCUT2D eigenvalue weighted by Gasteiger charge is -2.13. The van der Waals surface area contributed by atoms with Crippen LogP contribution in [0.25, 0.3) is 0 Å². The van der Waals surface area contributed by atoms with Crippen molar-refractivity contribution in [1.29, 1.82) is 0 Å². The van der Waals surface area contributed by atoms with Crippen LogP contribution in [0.4, 0.5) is 5.69 Å². The van der Waals surface area contributed by atoms with Crippen molar-refractivity contribution in [2.45, 2.75) is 24.5 Å². The van der Waals surface area contributed by atoms with Crippen LogP contribution in [-0.4, -0.2) is 21.2 Å². The van der Waals surface area contributed by atoms with Gasteiger partial charge in [-0.15, -0.1) is 0 Å². The number of nitrogens with zero attached hydrogens (tertiary/aromatic N) is 2. The molecule has 0 aliphatic carbocycles. The maximum absolute atomic E-state index is 12.2. The molecule has 21 heavy (non-hydrogen) atoms. The van der Waals surface area contributed by atoms with Gasteiger partial charge in [0, 0.05) is 30.1 Å². The second-order valence-corrected chi connectivity index (χ2v) is 5.95. The third kappa shape index (κ3) is 2.85. The van der Waals surface area contributed by atoms with Crippen molar-refractivity contribution in [3.63, 3.8) is 0 Å². The van der Waals surface area contributed by atoms with Crippen molar-refractivity contribution in [3.05, 3.63) is 52.4 Å². The van der Waals surface area contributed by atoms with Crippen LogP contribution in [0.2, 0.25) is 0 Å². The highest BCUT2D eigenvalue weighted by Gasteiger charge is 2.26. The van der Waals surface area contributed by atoms with E-state index in [1.54, 1.807) is 4.57 Å². The molecule has 3 rings (SSSR count). The number of nitrogens with one attached hydrogen (secondary N) is 1. The fourth-order valence-electron chi connectivity index (χ4n) is 2.37. The number of aromatic nitrogens is 2. The van der Waals surface area contributed by atoms with Gasteiger partial charge in [0.25, 0.3) is 5.56 Å². The quantitative estimate of drug-likeness (QED) is 0.883. The van der Waals surface area contributed by atoms with Crippen molar-refractivity contribution in [1.82, 2.24) is 9.55 Å². The highest BCUT2D eigenvalue weighted by molar-refractivity contribution is 7.99. The molecule has 0 saturated heterocycles. The normalized spacial score (nSPS) is 16.5. The van der Waals surface area contributed by atoms with Gasteiger partial charge in [-0.3, -0.25) is 14.2 Å². The number of carbonyl (C=O) groups is 1. The summed E-state index contributed by atoms with van der Waals surface area (Å²) in [6.45, 7) is 1.95. The monoisotopic (exact) mass is 301 g/mol. The van der Waals surface area contributed by atoms with Crippen LogP contribution in [0.5, 0.6) is 0 Å². The van der Waals surface area contributed by atoms with Gasteiger partial charge in [0.15, 0.2) is 5.16 Å². The van der Waals surface area contributed by atoms with Crippen molar-refractivity contribution >= 4 is 23.4 Å². The topological polar surface area (TPSA) is 64.0 Å². The van der Waals surface area contributed by atoms with Gasteiger partial charge in [-0.05, 0) is 18.6 Å². The highest BCUT2D eigenvalue weighted by atomic mass is 32.2. The number of aryl methyl sites for hydroxylation is 1. The van der Waals surface area contributed by atoms with Crippen LogP contribution in [0.15, 0.2) is 46.5 Å². The Kier molecular flexibility index (Phi) is 3.79. The Morgan fingerprint density at radius 2 is 2.24 bits per heavy atom.